The maximum atomic E-state index is 5.52. The fraction of sp³-hybridized carbons (Fsp3) is 0.333. The highest BCUT2D eigenvalue weighted by atomic mass is 79.9. The number of hydrogen-bond donors (Lipinski definition) is 0. The second-order valence-electron chi connectivity index (χ2n) is 2.32. The van der Waals surface area contributed by atoms with E-state index >= 15 is 0 Å². The molecule has 0 unspecified atom stereocenters. The van der Waals surface area contributed by atoms with Crippen molar-refractivity contribution >= 4 is 27.5 Å². The molecule has 1 nitrogen and oxygen atoms in total. The monoisotopic (exact) mass is 248 g/mol. The van der Waals surface area contributed by atoms with Crippen LogP contribution in [-0.2, 0) is 0 Å². The van der Waals surface area contributed by atoms with Crippen LogP contribution in [0, 0.1) is 0 Å². The molecule has 66 valence electrons. The first-order valence-corrected chi connectivity index (χ1v) is 5.10. The highest BCUT2D eigenvalue weighted by Gasteiger charge is 1.97. The summed E-state index contributed by atoms with van der Waals surface area (Å²) in [7, 11) is 0. The third kappa shape index (κ3) is 3.03. The molecular weight excluding hydrogens is 239 g/mol. The summed E-state index contributed by atoms with van der Waals surface area (Å²) in [4.78, 5) is 0. The van der Waals surface area contributed by atoms with Gasteiger partial charge in [-0.15, -0.1) is 11.6 Å². The first-order chi connectivity index (χ1) is 5.84. The van der Waals surface area contributed by atoms with E-state index in [4.69, 9.17) is 16.3 Å². The van der Waals surface area contributed by atoms with Crippen LogP contribution in [0.4, 0.5) is 0 Å². The quantitative estimate of drug-likeness (QED) is 0.587. The number of hydrogen-bond acceptors (Lipinski definition) is 1. The van der Waals surface area contributed by atoms with Crippen molar-refractivity contribution in [1.29, 1.82) is 0 Å². The van der Waals surface area contributed by atoms with Gasteiger partial charge in [0.05, 0.1) is 11.1 Å². The van der Waals surface area contributed by atoms with Gasteiger partial charge in [0.1, 0.15) is 5.75 Å². The Labute approximate surface area is 85.8 Å². The second-order valence-corrected chi connectivity index (χ2v) is 3.55. The van der Waals surface area contributed by atoms with E-state index in [0.717, 1.165) is 16.6 Å². The predicted molar refractivity (Wildman–Crippen MR) is 55.0 cm³/mol. The lowest BCUT2D eigenvalue weighted by Gasteiger charge is -2.05. The zero-order valence-electron chi connectivity index (χ0n) is 6.59. The van der Waals surface area contributed by atoms with Gasteiger partial charge in [0.15, 0.2) is 0 Å². The molecule has 0 radical (unpaired) electrons. The van der Waals surface area contributed by atoms with Crippen LogP contribution >= 0.6 is 27.5 Å². The summed E-state index contributed by atoms with van der Waals surface area (Å²) in [5.41, 5.74) is 0. The van der Waals surface area contributed by atoms with Crippen molar-refractivity contribution in [3.8, 4) is 5.75 Å². The lowest BCUT2D eigenvalue weighted by atomic mass is 10.3. The Morgan fingerprint density at radius 3 is 2.75 bits per heavy atom. The molecule has 1 aromatic rings. The largest absolute Gasteiger partial charge is 0.492 e. The highest BCUT2D eigenvalue weighted by Crippen LogP contribution is 2.23. The van der Waals surface area contributed by atoms with Crippen molar-refractivity contribution < 1.29 is 4.74 Å². The smallest absolute Gasteiger partial charge is 0.133 e. The summed E-state index contributed by atoms with van der Waals surface area (Å²) in [6.45, 7) is 0.673. The zero-order chi connectivity index (χ0) is 8.81. The number of para-hydroxylation sites is 1. The van der Waals surface area contributed by atoms with E-state index in [0.29, 0.717) is 12.5 Å². The molecule has 0 saturated carbocycles. The number of rotatable bonds is 4. The van der Waals surface area contributed by atoms with E-state index in [1.807, 2.05) is 24.3 Å². The van der Waals surface area contributed by atoms with Crippen molar-refractivity contribution in [3.05, 3.63) is 28.7 Å². The molecule has 1 rings (SSSR count). The highest BCUT2D eigenvalue weighted by molar-refractivity contribution is 9.10. The van der Waals surface area contributed by atoms with E-state index in [1.165, 1.54) is 0 Å². The van der Waals surface area contributed by atoms with E-state index < -0.39 is 0 Å². The van der Waals surface area contributed by atoms with Crippen molar-refractivity contribution in [2.24, 2.45) is 0 Å². The molecule has 0 saturated heterocycles. The van der Waals surface area contributed by atoms with Crippen LogP contribution in [0.3, 0.4) is 0 Å². The molecule has 0 spiro atoms. The fourth-order valence-electron chi connectivity index (χ4n) is 0.798. The SMILES string of the molecule is ClCCCOc1ccccc1Br. The van der Waals surface area contributed by atoms with Crippen LogP contribution in [0.5, 0.6) is 5.75 Å². The van der Waals surface area contributed by atoms with Crippen LogP contribution in [-0.4, -0.2) is 12.5 Å². The van der Waals surface area contributed by atoms with Gasteiger partial charge in [0, 0.05) is 5.88 Å². The standard InChI is InChI=1S/C9H10BrClO/c10-8-4-1-2-5-9(8)12-7-3-6-11/h1-2,4-5H,3,6-7H2. The molecule has 0 aliphatic heterocycles. The third-order valence-corrected chi connectivity index (χ3v) is 2.29. The van der Waals surface area contributed by atoms with Crippen LogP contribution in [0.15, 0.2) is 28.7 Å². The average Bonchev–Trinajstić information content (AvgIpc) is 2.09. The first kappa shape index (κ1) is 9.87. The number of halogens is 2. The molecule has 0 atom stereocenters. The first-order valence-electron chi connectivity index (χ1n) is 3.78. The van der Waals surface area contributed by atoms with Crippen molar-refractivity contribution in [2.75, 3.05) is 12.5 Å². The Morgan fingerprint density at radius 2 is 2.08 bits per heavy atom. The Balaban J connectivity index is 2.46. The summed E-state index contributed by atoms with van der Waals surface area (Å²) in [5.74, 6) is 1.52. The summed E-state index contributed by atoms with van der Waals surface area (Å²) in [6, 6.07) is 7.79. The van der Waals surface area contributed by atoms with Crippen LogP contribution < -0.4 is 4.74 Å². The number of alkyl halides is 1. The van der Waals surface area contributed by atoms with E-state index in [2.05, 4.69) is 15.9 Å². The minimum atomic E-state index is 0.643. The Kier molecular flexibility index (Phi) is 4.48. The molecular formula is C9H10BrClO. The molecule has 0 N–H and O–H groups in total. The van der Waals surface area contributed by atoms with Crippen LogP contribution in [0.2, 0.25) is 0 Å². The maximum absolute atomic E-state index is 5.52. The number of ether oxygens (including phenoxy) is 1. The number of benzene rings is 1. The fourth-order valence-corrected chi connectivity index (χ4v) is 1.31. The Morgan fingerprint density at radius 1 is 1.33 bits per heavy atom. The van der Waals surface area contributed by atoms with E-state index in [9.17, 15) is 0 Å². The molecule has 3 heteroatoms. The zero-order valence-corrected chi connectivity index (χ0v) is 8.94. The average molecular weight is 250 g/mol. The molecule has 0 aromatic heterocycles. The van der Waals surface area contributed by atoms with Crippen LogP contribution in [0.25, 0.3) is 0 Å². The van der Waals surface area contributed by atoms with Crippen molar-refractivity contribution in [1.82, 2.24) is 0 Å². The molecule has 12 heavy (non-hydrogen) atoms. The molecule has 0 aliphatic rings. The third-order valence-electron chi connectivity index (χ3n) is 1.37. The van der Waals surface area contributed by atoms with E-state index in [-0.39, 0.29) is 0 Å². The Bertz CT molecular complexity index is 240. The molecule has 0 aliphatic carbocycles. The topological polar surface area (TPSA) is 9.23 Å². The van der Waals surface area contributed by atoms with Gasteiger partial charge in [-0.1, -0.05) is 12.1 Å². The van der Waals surface area contributed by atoms with Gasteiger partial charge in [-0.2, -0.15) is 0 Å². The summed E-state index contributed by atoms with van der Waals surface area (Å²) in [5, 5.41) is 0. The lowest BCUT2D eigenvalue weighted by Crippen LogP contribution is -1.97. The van der Waals surface area contributed by atoms with Crippen LogP contribution in [0.1, 0.15) is 6.42 Å². The van der Waals surface area contributed by atoms with Gasteiger partial charge in [0.2, 0.25) is 0 Å². The van der Waals surface area contributed by atoms with Gasteiger partial charge in [-0.3, -0.25) is 0 Å². The summed E-state index contributed by atoms with van der Waals surface area (Å²) >= 11 is 8.91. The molecule has 0 bridgehead atoms. The minimum absolute atomic E-state index is 0.643. The molecule has 0 amide bonds. The summed E-state index contributed by atoms with van der Waals surface area (Å²) in [6.07, 6.45) is 0.878. The second kappa shape index (κ2) is 5.44. The predicted octanol–water partition coefficient (Wildman–Crippen LogP) is 3.46. The molecule has 0 heterocycles. The Hall–Kier alpha value is -0.210. The van der Waals surface area contributed by atoms with Crippen molar-refractivity contribution in [3.63, 3.8) is 0 Å². The minimum Gasteiger partial charge on any atom is -0.492 e. The molecule has 0 fully saturated rings. The normalized spacial score (nSPS) is 9.83. The summed E-state index contributed by atoms with van der Waals surface area (Å²) < 4.78 is 6.43. The van der Waals surface area contributed by atoms with Gasteiger partial charge >= 0.3 is 0 Å². The van der Waals surface area contributed by atoms with Gasteiger partial charge < -0.3 is 4.74 Å². The molecule has 1 aromatic carbocycles. The van der Waals surface area contributed by atoms with Gasteiger partial charge in [-0.05, 0) is 34.5 Å². The lowest BCUT2D eigenvalue weighted by molar-refractivity contribution is 0.316. The van der Waals surface area contributed by atoms with Gasteiger partial charge in [0.25, 0.3) is 0 Å². The maximum Gasteiger partial charge on any atom is 0.133 e. The van der Waals surface area contributed by atoms with E-state index in [1.54, 1.807) is 0 Å². The van der Waals surface area contributed by atoms with Gasteiger partial charge in [-0.25, -0.2) is 0 Å². The van der Waals surface area contributed by atoms with Crippen molar-refractivity contribution in [2.45, 2.75) is 6.42 Å².